The lowest BCUT2D eigenvalue weighted by atomic mass is 10.1. The molecule has 6 heteroatoms. The lowest BCUT2D eigenvalue weighted by molar-refractivity contribution is 0.204. The van der Waals surface area contributed by atoms with Crippen molar-refractivity contribution in [1.82, 2.24) is 5.32 Å². The summed E-state index contributed by atoms with van der Waals surface area (Å²) < 4.78 is 5.82. The highest BCUT2D eigenvalue weighted by molar-refractivity contribution is 9.10. The molecule has 0 aliphatic carbocycles. The number of aliphatic hydroxyl groups is 1. The van der Waals surface area contributed by atoms with Crippen molar-refractivity contribution in [1.29, 1.82) is 0 Å². The highest BCUT2D eigenvalue weighted by Crippen LogP contribution is 2.26. The summed E-state index contributed by atoms with van der Waals surface area (Å²) in [6, 6.07) is 4.87. The van der Waals surface area contributed by atoms with Crippen molar-refractivity contribution < 1.29 is 14.6 Å². The zero-order chi connectivity index (χ0) is 14.4. The first-order valence-corrected chi connectivity index (χ1v) is 6.79. The van der Waals surface area contributed by atoms with Crippen molar-refractivity contribution >= 4 is 27.6 Å². The van der Waals surface area contributed by atoms with Crippen LogP contribution >= 0.6 is 15.9 Å². The van der Waals surface area contributed by atoms with Gasteiger partial charge in [0.2, 0.25) is 0 Å². The number of aliphatic hydroxyl groups excluding tert-OH is 1. The Morgan fingerprint density at radius 1 is 1.47 bits per heavy atom. The molecular formula is C13H19BrN2O3. The van der Waals surface area contributed by atoms with Crippen molar-refractivity contribution in [3.63, 3.8) is 0 Å². The van der Waals surface area contributed by atoms with Crippen LogP contribution in [0.4, 0.5) is 10.5 Å². The molecule has 0 saturated heterocycles. The summed E-state index contributed by atoms with van der Waals surface area (Å²) in [4.78, 5) is 11.8. The van der Waals surface area contributed by atoms with Gasteiger partial charge in [0, 0.05) is 17.1 Å². The fourth-order valence-corrected chi connectivity index (χ4v) is 1.85. The molecule has 1 aromatic rings. The van der Waals surface area contributed by atoms with Crippen LogP contribution in [0.1, 0.15) is 13.8 Å². The number of benzene rings is 1. The molecule has 3 N–H and O–H groups in total. The fourth-order valence-electron chi connectivity index (χ4n) is 1.39. The van der Waals surface area contributed by atoms with E-state index in [1.54, 1.807) is 25.3 Å². The summed E-state index contributed by atoms with van der Waals surface area (Å²) in [5.74, 6) is 0.713. The fraction of sp³-hybridized carbons (Fsp3) is 0.462. The third-order valence-corrected chi connectivity index (χ3v) is 3.58. The van der Waals surface area contributed by atoms with Crippen LogP contribution in [0.5, 0.6) is 5.75 Å². The summed E-state index contributed by atoms with van der Waals surface area (Å²) in [7, 11) is 1.58. The van der Waals surface area contributed by atoms with E-state index in [9.17, 15) is 4.79 Å². The van der Waals surface area contributed by atoms with Crippen LogP contribution in [0.3, 0.4) is 0 Å². The highest BCUT2D eigenvalue weighted by atomic mass is 79.9. The highest BCUT2D eigenvalue weighted by Gasteiger charge is 2.14. The second kappa shape index (κ2) is 7.35. The minimum Gasteiger partial charge on any atom is -0.497 e. The minimum absolute atomic E-state index is 0.00468. The Labute approximate surface area is 121 Å². The Balaban J connectivity index is 2.62. The summed E-state index contributed by atoms with van der Waals surface area (Å²) >= 11 is 3.36. The number of nitrogens with one attached hydrogen (secondary N) is 2. The molecule has 0 fully saturated rings. The van der Waals surface area contributed by atoms with Crippen molar-refractivity contribution in [3.05, 3.63) is 22.7 Å². The molecule has 0 saturated carbocycles. The van der Waals surface area contributed by atoms with Crippen LogP contribution in [-0.2, 0) is 0 Å². The van der Waals surface area contributed by atoms with Crippen molar-refractivity contribution in [2.24, 2.45) is 5.92 Å². The molecule has 0 heterocycles. The summed E-state index contributed by atoms with van der Waals surface area (Å²) in [6.07, 6.45) is 0. The number of carbonyl (C=O) groups is 1. The molecule has 19 heavy (non-hydrogen) atoms. The second-order valence-electron chi connectivity index (χ2n) is 4.39. The summed E-state index contributed by atoms with van der Waals surface area (Å²) in [5.41, 5.74) is 0.655. The van der Waals surface area contributed by atoms with E-state index in [1.165, 1.54) is 0 Å². The summed E-state index contributed by atoms with van der Waals surface area (Å²) in [6.45, 7) is 3.76. The van der Waals surface area contributed by atoms with Gasteiger partial charge in [-0.1, -0.05) is 6.92 Å². The number of anilines is 1. The molecular weight excluding hydrogens is 312 g/mol. The van der Waals surface area contributed by atoms with Gasteiger partial charge < -0.3 is 20.5 Å². The van der Waals surface area contributed by atoms with Gasteiger partial charge >= 0.3 is 6.03 Å². The molecule has 0 aliphatic rings. The maximum atomic E-state index is 11.8. The lowest BCUT2D eigenvalue weighted by Crippen LogP contribution is -2.40. The van der Waals surface area contributed by atoms with E-state index in [2.05, 4.69) is 26.6 Å². The quantitative estimate of drug-likeness (QED) is 0.777. The molecule has 0 spiro atoms. The largest absolute Gasteiger partial charge is 0.497 e. The average molecular weight is 331 g/mol. The number of methoxy groups -OCH3 is 1. The van der Waals surface area contributed by atoms with Crippen molar-refractivity contribution in [2.75, 3.05) is 19.0 Å². The van der Waals surface area contributed by atoms with Crippen LogP contribution < -0.4 is 15.4 Å². The molecule has 1 aromatic carbocycles. The van der Waals surface area contributed by atoms with E-state index in [0.29, 0.717) is 11.4 Å². The predicted octanol–water partition coefficient (Wildman–Crippen LogP) is 2.60. The van der Waals surface area contributed by atoms with Gasteiger partial charge in [0.25, 0.3) is 0 Å². The lowest BCUT2D eigenvalue weighted by Gasteiger charge is -2.19. The van der Waals surface area contributed by atoms with E-state index in [0.717, 1.165) is 4.47 Å². The third kappa shape index (κ3) is 4.72. The molecule has 1 rings (SSSR count). The first kappa shape index (κ1) is 15.8. The Morgan fingerprint density at radius 2 is 2.16 bits per heavy atom. The number of urea groups is 1. The van der Waals surface area contributed by atoms with Crippen LogP contribution in [-0.4, -0.2) is 30.9 Å². The Kier molecular flexibility index (Phi) is 6.11. The zero-order valence-corrected chi connectivity index (χ0v) is 12.8. The zero-order valence-electron chi connectivity index (χ0n) is 11.2. The van der Waals surface area contributed by atoms with Crippen LogP contribution in [0.25, 0.3) is 0 Å². The maximum Gasteiger partial charge on any atom is 0.319 e. The van der Waals surface area contributed by atoms with E-state index in [1.807, 2.05) is 13.8 Å². The van der Waals surface area contributed by atoms with Crippen LogP contribution in [0.15, 0.2) is 22.7 Å². The first-order chi connectivity index (χ1) is 8.97. The van der Waals surface area contributed by atoms with E-state index in [4.69, 9.17) is 9.84 Å². The van der Waals surface area contributed by atoms with Gasteiger partial charge in [-0.2, -0.15) is 0 Å². The Bertz CT molecular complexity index is 440. The molecule has 0 aromatic heterocycles. The van der Waals surface area contributed by atoms with E-state index < -0.39 is 0 Å². The second-order valence-corrected chi connectivity index (χ2v) is 5.25. The Morgan fingerprint density at radius 3 is 2.68 bits per heavy atom. The first-order valence-electron chi connectivity index (χ1n) is 5.99. The number of amides is 2. The molecule has 2 atom stereocenters. The SMILES string of the molecule is COc1ccc(NC(=O)NC(C)C(C)CO)c(Br)c1. The monoisotopic (exact) mass is 330 g/mol. The van der Waals surface area contributed by atoms with E-state index >= 15 is 0 Å². The van der Waals surface area contributed by atoms with Gasteiger partial charge in [0.1, 0.15) is 5.75 Å². The number of carbonyl (C=O) groups excluding carboxylic acids is 1. The number of rotatable bonds is 5. The van der Waals surface area contributed by atoms with Gasteiger partial charge in [0.15, 0.2) is 0 Å². The number of ether oxygens (including phenoxy) is 1. The average Bonchev–Trinajstić information content (AvgIpc) is 2.39. The molecule has 2 amide bonds. The van der Waals surface area contributed by atoms with Crippen molar-refractivity contribution in [2.45, 2.75) is 19.9 Å². The number of halogens is 1. The standard InChI is InChI=1S/C13H19BrN2O3/c1-8(7-17)9(2)15-13(18)16-12-5-4-10(19-3)6-11(12)14/h4-6,8-9,17H,7H2,1-3H3,(H2,15,16,18). The van der Waals surface area contributed by atoms with Crippen LogP contribution in [0, 0.1) is 5.92 Å². The van der Waals surface area contributed by atoms with E-state index in [-0.39, 0.29) is 24.6 Å². The molecule has 0 aliphatic heterocycles. The molecule has 0 bridgehead atoms. The van der Waals surface area contributed by atoms with Gasteiger partial charge in [-0.15, -0.1) is 0 Å². The van der Waals surface area contributed by atoms with Gasteiger partial charge in [0.05, 0.1) is 12.8 Å². The molecule has 106 valence electrons. The minimum atomic E-state index is -0.307. The van der Waals surface area contributed by atoms with Gasteiger partial charge in [-0.3, -0.25) is 0 Å². The molecule has 0 radical (unpaired) electrons. The maximum absolute atomic E-state index is 11.8. The van der Waals surface area contributed by atoms with Gasteiger partial charge in [-0.25, -0.2) is 4.79 Å². The van der Waals surface area contributed by atoms with Crippen LogP contribution in [0.2, 0.25) is 0 Å². The number of hydrogen-bond donors (Lipinski definition) is 3. The van der Waals surface area contributed by atoms with Gasteiger partial charge in [-0.05, 0) is 47.0 Å². The third-order valence-electron chi connectivity index (χ3n) is 2.92. The normalized spacial score (nSPS) is 13.5. The predicted molar refractivity (Wildman–Crippen MR) is 78.6 cm³/mol. The molecule has 2 unspecified atom stereocenters. The number of hydrogen-bond acceptors (Lipinski definition) is 3. The molecule has 5 nitrogen and oxygen atoms in total. The topological polar surface area (TPSA) is 70.6 Å². The smallest absolute Gasteiger partial charge is 0.319 e. The summed E-state index contributed by atoms with van der Waals surface area (Å²) in [5, 5.41) is 14.5. The Hall–Kier alpha value is -1.27. The van der Waals surface area contributed by atoms with Crippen molar-refractivity contribution in [3.8, 4) is 5.75 Å².